The fourth-order valence-corrected chi connectivity index (χ4v) is 5.98. The van der Waals surface area contributed by atoms with Gasteiger partial charge in [-0.05, 0) is 84.3 Å². The van der Waals surface area contributed by atoms with Crippen molar-refractivity contribution in [3.8, 4) is 68.6 Å². The number of methoxy groups -OCH3 is 10. The van der Waals surface area contributed by atoms with E-state index in [2.05, 4.69) is 12.1 Å². The Labute approximate surface area is 283 Å². The van der Waals surface area contributed by atoms with Crippen LogP contribution in [0.5, 0.6) is 57.5 Å². The Balaban J connectivity index is 1.85. The van der Waals surface area contributed by atoms with Crippen molar-refractivity contribution in [1.82, 2.24) is 0 Å². The van der Waals surface area contributed by atoms with E-state index in [1.165, 1.54) is 0 Å². The molecule has 0 fully saturated rings. The summed E-state index contributed by atoms with van der Waals surface area (Å²) in [6.07, 6.45) is 2.66. The maximum absolute atomic E-state index is 6.00. The molecule has 0 saturated heterocycles. The van der Waals surface area contributed by atoms with Crippen molar-refractivity contribution in [3.05, 3.63) is 70.8 Å². The fourth-order valence-electron chi connectivity index (χ4n) is 5.98. The monoisotopic (exact) mass is 662 g/mol. The van der Waals surface area contributed by atoms with Crippen molar-refractivity contribution in [2.24, 2.45) is 0 Å². The maximum atomic E-state index is 6.00. The van der Waals surface area contributed by atoms with E-state index < -0.39 is 0 Å². The Morgan fingerprint density at radius 1 is 0.312 bits per heavy atom. The minimum Gasteiger partial charge on any atom is -0.493 e. The molecule has 0 aromatic heterocycles. The molecule has 10 nitrogen and oxygen atoms in total. The van der Waals surface area contributed by atoms with Crippen molar-refractivity contribution in [1.29, 1.82) is 0 Å². The number of hydrogen-bond acceptors (Lipinski definition) is 10. The number of hydrogen-bond donors (Lipinski definition) is 0. The smallest absolute Gasteiger partial charge is 0.204 e. The zero-order valence-electron chi connectivity index (χ0n) is 29.5. The molecule has 4 aromatic carbocycles. The van der Waals surface area contributed by atoms with Crippen molar-refractivity contribution >= 4 is 0 Å². The first-order valence-corrected chi connectivity index (χ1v) is 15.4. The highest BCUT2D eigenvalue weighted by molar-refractivity contribution is 5.85. The summed E-state index contributed by atoms with van der Waals surface area (Å²) in [5, 5.41) is 0. The molecule has 4 aromatic rings. The highest BCUT2D eigenvalue weighted by atomic mass is 16.5. The molecule has 0 heterocycles. The summed E-state index contributed by atoms with van der Waals surface area (Å²) >= 11 is 0. The van der Waals surface area contributed by atoms with E-state index in [-0.39, 0.29) is 0 Å². The van der Waals surface area contributed by atoms with Crippen LogP contribution >= 0.6 is 0 Å². The predicted molar refractivity (Wildman–Crippen MR) is 185 cm³/mol. The molecule has 0 radical (unpaired) electrons. The van der Waals surface area contributed by atoms with E-state index >= 15 is 0 Å². The van der Waals surface area contributed by atoms with Crippen LogP contribution in [0.15, 0.2) is 48.5 Å². The lowest BCUT2D eigenvalue weighted by molar-refractivity contribution is 0.320. The Morgan fingerprint density at radius 2 is 0.646 bits per heavy atom. The summed E-state index contributed by atoms with van der Waals surface area (Å²) in [7, 11) is 16.2. The second kappa shape index (κ2) is 16.6. The number of rotatable bonds is 17. The van der Waals surface area contributed by atoms with Gasteiger partial charge in [0.1, 0.15) is 0 Å². The lowest BCUT2D eigenvalue weighted by Gasteiger charge is -2.23. The lowest BCUT2D eigenvalue weighted by Crippen LogP contribution is -2.05. The van der Waals surface area contributed by atoms with Crippen LogP contribution < -0.4 is 47.4 Å². The number of ether oxygens (including phenoxy) is 10. The van der Waals surface area contributed by atoms with Crippen LogP contribution in [0.3, 0.4) is 0 Å². The second-order valence-electron chi connectivity index (χ2n) is 10.7. The molecule has 0 saturated carbocycles. The minimum atomic E-state index is 0.475. The highest BCUT2D eigenvalue weighted by Crippen LogP contribution is 2.53. The van der Waals surface area contributed by atoms with Gasteiger partial charge in [0.05, 0.1) is 71.1 Å². The zero-order valence-corrected chi connectivity index (χ0v) is 29.5. The summed E-state index contributed by atoms with van der Waals surface area (Å²) in [5.74, 6) is 5.83. The number of benzene rings is 4. The van der Waals surface area contributed by atoms with Gasteiger partial charge in [0.25, 0.3) is 0 Å². The van der Waals surface area contributed by atoms with Gasteiger partial charge in [-0.25, -0.2) is 0 Å². The van der Waals surface area contributed by atoms with Gasteiger partial charge in [0.2, 0.25) is 11.5 Å². The van der Waals surface area contributed by atoms with Gasteiger partial charge in [-0.2, -0.15) is 0 Å². The van der Waals surface area contributed by atoms with E-state index in [0.717, 1.165) is 33.4 Å². The van der Waals surface area contributed by atoms with E-state index in [0.29, 0.717) is 83.2 Å². The molecular weight excluding hydrogens is 616 g/mol. The molecule has 0 N–H and O–H groups in total. The predicted octanol–water partition coefficient (Wildman–Crippen LogP) is 7.01. The van der Waals surface area contributed by atoms with Crippen molar-refractivity contribution in [2.75, 3.05) is 71.1 Å². The average Bonchev–Trinajstić information content (AvgIpc) is 3.13. The molecule has 0 aliphatic heterocycles. The Kier molecular flexibility index (Phi) is 12.4. The molecule has 0 spiro atoms. The van der Waals surface area contributed by atoms with E-state index in [1.54, 1.807) is 71.1 Å². The second-order valence-corrected chi connectivity index (χ2v) is 10.7. The molecule has 0 unspecified atom stereocenters. The van der Waals surface area contributed by atoms with Gasteiger partial charge in [0, 0.05) is 11.1 Å². The van der Waals surface area contributed by atoms with Crippen molar-refractivity contribution in [3.63, 3.8) is 0 Å². The van der Waals surface area contributed by atoms with Gasteiger partial charge < -0.3 is 47.4 Å². The molecule has 0 atom stereocenters. The van der Waals surface area contributed by atoms with Gasteiger partial charge in [-0.3, -0.25) is 0 Å². The van der Waals surface area contributed by atoms with Gasteiger partial charge in [0.15, 0.2) is 46.0 Å². The SMILES string of the molecule is COc1ccc(CCc2cc(-c3cc(CCc4ccc(OC)c(OC)c4)c(OC)c(OC)c3OC)c(OC)c(OC)c2OC)cc1OC. The zero-order chi connectivity index (χ0) is 34.8. The first-order chi connectivity index (χ1) is 23.4. The van der Waals surface area contributed by atoms with Crippen LogP contribution in [0.25, 0.3) is 11.1 Å². The molecule has 4 rings (SSSR count). The Bertz CT molecular complexity index is 1570. The van der Waals surface area contributed by atoms with Gasteiger partial charge in [-0.15, -0.1) is 0 Å². The summed E-state index contributed by atoms with van der Waals surface area (Å²) < 4.78 is 57.6. The average molecular weight is 663 g/mol. The van der Waals surface area contributed by atoms with Gasteiger partial charge in [-0.1, -0.05) is 12.1 Å². The van der Waals surface area contributed by atoms with Gasteiger partial charge >= 0.3 is 0 Å². The topological polar surface area (TPSA) is 92.3 Å². The summed E-state index contributed by atoms with van der Waals surface area (Å²) in [5.41, 5.74) is 5.50. The first-order valence-electron chi connectivity index (χ1n) is 15.4. The van der Waals surface area contributed by atoms with Crippen LogP contribution in [0.1, 0.15) is 22.3 Å². The lowest BCUT2D eigenvalue weighted by atomic mass is 9.92. The van der Waals surface area contributed by atoms with Crippen LogP contribution in [0, 0.1) is 0 Å². The molecule has 0 aliphatic carbocycles. The maximum Gasteiger partial charge on any atom is 0.204 e. The third-order valence-corrected chi connectivity index (χ3v) is 8.31. The molecule has 0 amide bonds. The summed E-state index contributed by atoms with van der Waals surface area (Å²) in [6, 6.07) is 15.9. The van der Waals surface area contributed by atoms with E-state index in [4.69, 9.17) is 47.4 Å². The third-order valence-electron chi connectivity index (χ3n) is 8.31. The molecular formula is C38H46O10. The largest absolute Gasteiger partial charge is 0.493 e. The number of aryl methyl sites for hydroxylation is 4. The molecule has 258 valence electrons. The van der Waals surface area contributed by atoms with Crippen molar-refractivity contribution in [2.45, 2.75) is 25.7 Å². The van der Waals surface area contributed by atoms with Crippen LogP contribution in [0.4, 0.5) is 0 Å². The summed E-state index contributed by atoms with van der Waals surface area (Å²) in [6.45, 7) is 0. The van der Waals surface area contributed by atoms with Crippen LogP contribution in [0.2, 0.25) is 0 Å². The normalized spacial score (nSPS) is 10.6. The van der Waals surface area contributed by atoms with E-state index in [1.807, 2.05) is 36.4 Å². The quantitative estimate of drug-likeness (QED) is 0.118. The fraction of sp³-hybridized carbons (Fsp3) is 0.368. The molecule has 0 aliphatic rings. The van der Waals surface area contributed by atoms with Crippen LogP contribution in [-0.2, 0) is 25.7 Å². The third kappa shape index (κ3) is 7.22. The van der Waals surface area contributed by atoms with E-state index in [9.17, 15) is 0 Å². The minimum absolute atomic E-state index is 0.475. The molecule has 0 bridgehead atoms. The van der Waals surface area contributed by atoms with Crippen molar-refractivity contribution < 1.29 is 47.4 Å². The highest BCUT2D eigenvalue weighted by Gasteiger charge is 2.28. The Morgan fingerprint density at radius 3 is 0.938 bits per heavy atom. The standard InChI is InChI=1S/C38H46O10/c1-39-29-17-13-23(19-31(29)41-3)11-15-25-21-27(35(45-7)37(47-9)33(25)43-5)28-22-26(34(44-6)38(48-10)36(28)46-8)16-12-24-14-18-30(40-2)32(20-24)42-4/h13-14,17-22H,11-12,15-16H2,1-10H3. The molecule has 10 heteroatoms. The van der Waals surface area contributed by atoms with Crippen LogP contribution in [-0.4, -0.2) is 71.1 Å². The molecule has 48 heavy (non-hydrogen) atoms. The summed E-state index contributed by atoms with van der Waals surface area (Å²) in [4.78, 5) is 0. The Hall–Kier alpha value is -5.12. The first kappa shape index (κ1) is 35.7.